The molecule has 0 aromatic heterocycles. The fraction of sp³-hybridized carbons (Fsp3) is 0. The lowest BCUT2D eigenvalue weighted by Gasteiger charge is -2.02. The SMILES string of the molecule is N#C/C(=C/C(=O)O)OP(=O)(O)O. The molecule has 0 unspecified atom stereocenters. The lowest BCUT2D eigenvalue weighted by molar-refractivity contribution is -0.131. The first kappa shape index (κ1) is 10.7. The Morgan fingerprint density at radius 1 is 1.58 bits per heavy atom. The maximum atomic E-state index is 10.1. The third-order valence-corrected chi connectivity index (χ3v) is 1.02. The highest BCUT2D eigenvalue weighted by Crippen LogP contribution is 2.38. The van der Waals surface area contributed by atoms with Gasteiger partial charge in [0.15, 0.2) is 0 Å². The summed E-state index contributed by atoms with van der Waals surface area (Å²) in [4.78, 5) is 26.2. The van der Waals surface area contributed by atoms with Gasteiger partial charge in [0.05, 0.1) is 6.08 Å². The number of hydrogen-bond acceptors (Lipinski definition) is 4. The van der Waals surface area contributed by atoms with Crippen LogP contribution in [0.5, 0.6) is 0 Å². The van der Waals surface area contributed by atoms with Crippen molar-refractivity contribution in [3.05, 3.63) is 11.8 Å². The van der Waals surface area contributed by atoms with Gasteiger partial charge in [-0.15, -0.1) is 0 Å². The fourth-order valence-corrected chi connectivity index (χ4v) is 0.669. The molecule has 0 bridgehead atoms. The van der Waals surface area contributed by atoms with Crippen molar-refractivity contribution in [2.24, 2.45) is 0 Å². The van der Waals surface area contributed by atoms with Gasteiger partial charge in [-0.25, -0.2) is 9.36 Å². The Hall–Kier alpha value is -1.35. The highest BCUT2D eigenvalue weighted by atomic mass is 31.2. The van der Waals surface area contributed by atoms with E-state index in [1.54, 1.807) is 0 Å². The number of nitriles is 1. The molecule has 0 fully saturated rings. The van der Waals surface area contributed by atoms with Gasteiger partial charge < -0.3 is 9.63 Å². The summed E-state index contributed by atoms with van der Waals surface area (Å²) in [6.07, 6.45) is 0.249. The van der Waals surface area contributed by atoms with Crippen molar-refractivity contribution < 1.29 is 28.8 Å². The summed E-state index contributed by atoms with van der Waals surface area (Å²) in [5, 5.41) is 16.1. The number of phosphoric ester groups is 1. The van der Waals surface area contributed by atoms with Gasteiger partial charge in [0.25, 0.3) is 0 Å². The summed E-state index contributed by atoms with van der Waals surface area (Å²) in [7, 11) is -4.85. The Morgan fingerprint density at radius 2 is 2.08 bits per heavy atom. The molecule has 0 aliphatic heterocycles. The smallest absolute Gasteiger partial charge is 0.478 e. The van der Waals surface area contributed by atoms with Gasteiger partial charge in [0, 0.05) is 0 Å². The molecule has 0 rings (SSSR count). The van der Waals surface area contributed by atoms with E-state index in [0.717, 1.165) is 6.07 Å². The fourth-order valence-electron chi connectivity index (χ4n) is 0.319. The van der Waals surface area contributed by atoms with Crippen LogP contribution in [0.3, 0.4) is 0 Å². The van der Waals surface area contributed by atoms with Crippen LogP contribution < -0.4 is 0 Å². The normalized spacial score (nSPS) is 11.9. The summed E-state index contributed by atoms with van der Waals surface area (Å²) in [6.45, 7) is 0. The van der Waals surface area contributed by atoms with Gasteiger partial charge in [-0.3, -0.25) is 9.79 Å². The van der Waals surface area contributed by atoms with Crippen LogP contribution in [0.2, 0.25) is 0 Å². The van der Waals surface area contributed by atoms with Crippen LogP contribution in [0.15, 0.2) is 11.8 Å². The number of allylic oxidation sites excluding steroid dienone is 1. The Bertz CT molecular complexity index is 295. The van der Waals surface area contributed by atoms with Gasteiger partial charge in [0.1, 0.15) is 6.07 Å². The first-order valence-electron chi connectivity index (χ1n) is 2.45. The molecule has 0 heterocycles. The van der Waals surface area contributed by atoms with Crippen molar-refractivity contribution in [1.82, 2.24) is 0 Å². The number of nitrogens with zero attached hydrogens (tertiary/aromatic N) is 1. The number of carboxylic acids is 1. The summed E-state index contributed by atoms with van der Waals surface area (Å²) >= 11 is 0. The van der Waals surface area contributed by atoms with Crippen LogP contribution in [0, 0.1) is 11.3 Å². The van der Waals surface area contributed by atoms with E-state index in [1.807, 2.05) is 0 Å². The summed E-state index contributed by atoms with van der Waals surface area (Å²) in [5.41, 5.74) is 0. The second-order valence-electron chi connectivity index (χ2n) is 1.54. The monoisotopic (exact) mass is 193 g/mol. The molecular weight excluding hydrogens is 189 g/mol. The number of phosphoric acid groups is 1. The molecule has 0 radical (unpaired) electrons. The molecule has 7 nitrogen and oxygen atoms in total. The molecule has 12 heavy (non-hydrogen) atoms. The van der Waals surface area contributed by atoms with Crippen molar-refractivity contribution >= 4 is 13.8 Å². The second kappa shape index (κ2) is 3.88. The molecule has 0 spiro atoms. The molecular formula is C4H4NO6P. The average Bonchev–Trinajstić information content (AvgIpc) is 1.82. The van der Waals surface area contributed by atoms with E-state index in [9.17, 15) is 9.36 Å². The van der Waals surface area contributed by atoms with E-state index in [1.165, 1.54) is 0 Å². The van der Waals surface area contributed by atoms with Gasteiger partial charge in [-0.1, -0.05) is 0 Å². The van der Waals surface area contributed by atoms with Crippen LogP contribution in [0.1, 0.15) is 0 Å². The standard InChI is InChI=1S/C4H4NO6P/c5-2-3(1-4(6)7)11-12(8,9)10/h1H,(H,6,7)(H2,8,9,10)/b3-1-. The zero-order chi connectivity index (χ0) is 9.78. The van der Waals surface area contributed by atoms with Crippen LogP contribution in [0.25, 0.3) is 0 Å². The minimum atomic E-state index is -4.85. The zero-order valence-electron chi connectivity index (χ0n) is 5.54. The molecule has 0 aromatic carbocycles. The Labute approximate surface area is 66.7 Å². The maximum Gasteiger partial charge on any atom is 0.525 e. The van der Waals surface area contributed by atoms with Gasteiger partial charge in [-0.2, -0.15) is 5.26 Å². The average molecular weight is 193 g/mol. The number of aliphatic carboxylic acids is 1. The third kappa shape index (κ3) is 5.44. The molecule has 0 amide bonds. The minimum absolute atomic E-state index is 0.249. The summed E-state index contributed by atoms with van der Waals surface area (Å²) in [6, 6.07) is 1.16. The van der Waals surface area contributed by atoms with Crippen molar-refractivity contribution in [3.8, 4) is 6.07 Å². The van der Waals surface area contributed by atoms with Crippen LogP contribution >= 0.6 is 7.82 Å². The largest absolute Gasteiger partial charge is 0.525 e. The second-order valence-corrected chi connectivity index (χ2v) is 2.70. The minimum Gasteiger partial charge on any atom is -0.478 e. The Balaban J connectivity index is 4.53. The van der Waals surface area contributed by atoms with Crippen molar-refractivity contribution in [2.45, 2.75) is 0 Å². The predicted molar refractivity (Wildman–Crippen MR) is 34.5 cm³/mol. The lowest BCUT2D eigenvalue weighted by atomic mass is 10.5. The molecule has 3 N–H and O–H groups in total. The predicted octanol–water partition coefficient (Wildman–Crippen LogP) is -0.412. The van der Waals surface area contributed by atoms with E-state index in [-0.39, 0.29) is 6.08 Å². The van der Waals surface area contributed by atoms with Crippen LogP contribution in [-0.4, -0.2) is 20.9 Å². The maximum absolute atomic E-state index is 10.1. The number of carbonyl (C=O) groups is 1. The highest BCUT2D eigenvalue weighted by molar-refractivity contribution is 7.46. The molecule has 0 aromatic rings. The molecule has 66 valence electrons. The van der Waals surface area contributed by atoms with Crippen molar-refractivity contribution in [2.75, 3.05) is 0 Å². The molecule has 0 aliphatic carbocycles. The third-order valence-electron chi connectivity index (χ3n) is 0.582. The van der Waals surface area contributed by atoms with E-state index in [2.05, 4.69) is 4.52 Å². The van der Waals surface area contributed by atoms with E-state index < -0.39 is 19.6 Å². The van der Waals surface area contributed by atoms with Crippen molar-refractivity contribution in [3.63, 3.8) is 0 Å². The van der Waals surface area contributed by atoms with Gasteiger partial charge in [0.2, 0.25) is 5.76 Å². The number of rotatable bonds is 3. The van der Waals surface area contributed by atoms with Crippen LogP contribution in [0.4, 0.5) is 0 Å². The summed E-state index contributed by atoms with van der Waals surface area (Å²) < 4.78 is 13.8. The van der Waals surface area contributed by atoms with E-state index >= 15 is 0 Å². The molecule has 0 aliphatic rings. The topological polar surface area (TPSA) is 128 Å². The molecule has 0 atom stereocenters. The molecule has 0 saturated carbocycles. The van der Waals surface area contributed by atoms with Gasteiger partial charge in [-0.05, 0) is 0 Å². The zero-order valence-corrected chi connectivity index (χ0v) is 6.43. The number of hydrogen-bond donors (Lipinski definition) is 3. The Morgan fingerprint density at radius 3 is 2.33 bits per heavy atom. The Kier molecular flexibility index (Phi) is 3.44. The quantitative estimate of drug-likeness (QED) is 0.240. The molecule has 8 heteroatoms. The molecule has 0 saturated heterocycles. The van der Waals surface area contributed by atoms with E-state index in [0.29, 0.717) is 0 Å². The van der Waals surface area contributed by atoms with E-state index in [4.69, 9.17) is 20.2 Å². The van der Waals surface area contributed by atoms with Gasteiger partial charge >= 0.3 is 13.8 Å². The first-order chi connectivity index (χ1) is 5.35. The number of carboxylic acid groups (broad SMARTS) is 1. The summed E-state index contributed by atoms with van der Waals surface area (Å²) in [5.74, 6) is -2.48. The van der Waals surface area contributed by atoms with Crippen molar-refractivity contribution in [1.29, 1.82) is 5.26 Å². The van der Waals surface area contributed by atoms with Crippen LogP contribution in [-0.2, 0) is 13.9 Å². The first-order valence-corrected chi connectivity index (χ1v) is 3.98. The highest BCUT2D eigenvalue weighted by Gasteiger charge is 2.18. The lowest BCUT2D eigenvalue weighted by Crippen LogP contribution is -1.94.